The molecule has 0 aromatic carbocycles. The van der Waals surface area contributed by atoms with E-state index in [1.165, 1.54) is 0 Å². The number of hydrogen-bond acceptors (Lipinski definition) is 3. The number of rotatable bonds is 2. The van der Waals surface area contributed by atoms with E-state index >= 15 is 0 Å². The highest BCUT2D eigenvalue weighted by molar-refractivity contribution is 4.88. The van der Waals surface area contributed by atoms with Gasteiger partial charge in [-0.2, -0.15) is 0 Å². The van der Waals surface area contributed by atoms with Gasteiger partial charge in [0.15, 0.2) is 0 Å². The molecule has 0 aliphatic carbocycles. The zero-order valence-electron chi connectivity index (χ0n) is 10.0. The van der Waals surface area contributed by atoms with Gasteiger partial charge in [-0.25, -0.2) is 4.98 Å². The number of nitrogens with one attached hydrogen (secondary N) is 1. The van der Waals surface area contributed by atoms with Crippen LogP contribution in [0.2, 0.25) is 0 Å². The van der Waals surface area contributed by atoms with E-state index in [1.54, 1.807) is 0 Å². The minimum atomic E-state index is 0.980. The first-order valence-electron chi connectivity index (χ1n) is 5.77. The number of hydrogen-bond donors (Lipinski definition) is 1. The van der Waals surface area contributed by atoms with Gasteiger partial charge in [0.25, 0.3) is 0 Å². The third kappa shape index (κ3) is 3.64. The van der Waals surface area contributed by atoms with Crippen molar-refractivity contribution >= 4 is 0 Å². The lowest BCUT2D eigenvalue weighted by Gasteiger charge is -2.27. The highest BCUT2D eigenvalue weighted by Gasteiger charge is 2.09. The molecule has 0 amide bonds. The zero-order chi connectivity index (χ0) is 11.1. The Bertz CT molecular complexity index is 263. The van der Waals surface area contributed by atoms with Crippen molar-refractivity contribution in [1.82, 2.24) is 19.8 Å². The van der Waals surface area contributed by atoms with Crippen molar-refractivity contribution in [2.24, 2.45) is 0 Å². The van der Waals surface area contributed by atoms with E-state index in [0.29, 0.717) is 0 Å². The van der Waals surface area contributed by atoms with Crippen molar-refractivity contribution in [3.63, 3.8) is 0 Å². The van der Waals surface area contributed by atoms with Gasteiger partial charge in [0, 0.05) is 38.6 Å². The number of aryl methyl sites for hydroxylation is 1. The van der Waals surface area contributed by atoms with Crippen molar-refractivity contribution in [2.75, 3.05) is 26.2 Å². The molecule has 1 aromatic heterocycles. The first kappa shape index (κ1) is 12.2. The summed E-state index contributed by atoms with van der Waals surface area (Å²) >= 11 is 0. The van der Waals surface area contributed by atoms with Gasteiger partial charge in [-0.3, -0.25) is 4.90 Å². The van der Waals surface area contributed by atoms with Crippen LogP contribution in [0.3, 0.4) is 0 Å². The quantitative estimate of drug-likeness (QED) is 0.793. The fraction of sp³-hybridized carbons (Fsp3) is 0.727. The van der Waals surface area contributed by atoms with Crippen LogP contribution in [0.25, 0.3) is 0 Å². The van der Waals surface area contributed by atoms with Gasteiger partial charge in [0.05, 0.1) is 6.67 Å². The fourth-order valence-corrected chi connectivity index (χ4v) is 1.62. The average Bonchev–Trinajstić information content (AvgIpc) is 2.69. The Morgan fingerprint density at radius 2 is 2.00 bits per heavy atom. The van der Waals surface area contributed by atoms with E-state index in [-0.39, 0.29) is 0 Å². The second-order valence-electron chi connectivity index (χ2n) is 3.45. The van der Waals surface area contributed by atoms with Crippen LogP contribution >= 0.6 is 0 Å². The van der Waals surface area contributed by atoms with E-state index < -0.39 is 0 Å². The van der Waals surface area contributed by atoms with E-state index in [9.17, 15) is 0 Å². The maximum Gasteiger partial charge on any atom is 0.106 e. The van der Waals surface area contributed by atoms with Crippen LogP contribution < -0.4 is 5.32 Å². The molecule has 0 saturated carbocycles. The molecule has 2 rings (SSSR count). The summed E-state index contributed by atoms with van der Waals surface area (Å²) in [7, 11) is 0. The Balaban J connectivity index is 0.000000531. The summed E-state index contributed by atoms with van der Waals surface area (Å²) in [5.74, 6) is 1.10. The standard InChI is InChI=1S/C9H16N4.C2H6/c1-9-11-4-7-13(9)8-12-5-2-10-3-6-12;1-2/h4,7,10H,2-3,5-6,8H2,1H3;1-2H3. The summed E-state index contributed by atoms with van der Waals surface area (Å²) in [6, 6.07) is 0. The highest BCUT2D eigenvalue weighted by atomic mass is 15.3. The monoisotopic (exact) mass is 210 g/mol. The minimum absolute atomic E-state index is 0.980. The lowest BCUT2D eigenvalue weighted by atomic mass is 10.4. The molecule has 1 aliphatic rings. The Hall–Kier alpha value is -0.870. The number of imidazole rings is 1. The Labute approximate surface area is 92.3 Å². The molecule has 15 heavy (non-hydrogen) atoms. The average molecular weight is 210 g/mol. The minimum Gasteiger partial charge on any atom is -0.322 e. The van der Waals surface area contributed by atoms with Crippen molar-refractivity contribution in [1.29, 1.82) is 0 Å². The molecule has 0 atom stereocenters. The van der Waals surface area contributed by atoms with Crippen molar-refractivity contribution in [3.05, 3.63) is 18.2 Å². The summed E-state index contributed by atoms with van der Waals surface area (Å²) in [5.41, 5.74) is 0. The molecule has 1 fully saturated rings. The van der Waals surface area contributed by atoms with Gasteiger partial charge in [-0.1, -0.05) is 13.8 Å². The molecular weight excluding hydrogens is 188 g/mol. The number of nitrogens with zero attached hydrogens (tertiary/aromatic N) is 3. The first-order valence-corrected chi connectivity index (χ1v) is 5.77. The highest BCUT2D eigenvalue weighted by Crippen LogP contribution is 2.00. The molecule has 0 radical (unpaired) electrons. The van der Waals surface area contributed by atoms with Crippen LogP contribution in [-0.2, 0) is 6.67 Å². The van der Waals surface area contributed by atoms with E-state index in [4.69, 9.17) is 0 Å². The van der Waals surface area contributed by atoms with E-state index in [1.807, 2.05) is 33.2 Å². The molecule has 0 spiro atoms. The predicted molar refractivity (Wildman–Crippen MR) is 62.8 cm³/mol. The maximum atomic E-state index is 4.20. The van der Waals surface area contributed by atoms with Gasteiger partial charge in [0.2, 0.25) is 0 Å². The zero-order valence-corrected chi connectivity index (χ0v) is 10.0. The van der Waals surface area contributed by atoms with Crippen LogP contribution in [0.5, 0.6) is 0 Å². The van der Waals surface area contributed by atoms with Gasteiger partial charge in [-0.15, -0.1) is 0 Å². The number of piperazine rings is 1. The molecule has 1 saturated heterocycles. The molecule has 1 aliphatic heterocycles. The fourth-order valence-electron chi connectivity index (χ4n) is 1.62. The molecular formula is C11H22N4. The normalized spacial score (nSPS) is 17.0. The van der Waals surface area contributed by atoms with Crippen molar-refractivity contribution in [3.8, 4) is 0 Å². The van der Waals surface area contributed by atoms with Crippen molar-refractivity contribution < 1.29 is 0 Å². The van der Waals surface area contributed by atoms with Crippen molar-refractivity contribution in [2.45, 2.75) is 27.4 Å². The summed E-state index contributed by atoms with van der Waals surface area (Å²) in [4.78, 5) is 6.64. The lowest BCUT2D eigenvalue weighted by molar-refractivity contribution is 0.191. The largest absolute Gasteiger partial charge is 0.322 e. The van der Waals surface area contributed by atoms with Crippen LogP contribution in [-0.4, -0.2) is 40.6 Å². The second kappa shape index (κ2) is 6.58. The van der Waals surface area contributed by atoms with Crippen LogP contribution in [0.4, 0.5) is 0 Å². The van der Waals surface area contributed by atoms with Crippen LogP contribution in [0.15, 0.2) is 12.4 Å². The SMILES string of the molecule is CC.Cc1nccn1CN1CCNCC1. The van der Waals surface area contributed by atoms with Gasteiger partial charge in [-0.05, 0) is 6.92 Å². The summed E-state index contributed by atoms with van der Waals surface area (Å²) in [6.45, 7) is 11.5. The summed E-state index contributed by atoms with van der Waals surface area (Å²) < 4.78 is 2.19. The Morgan fingerprint density at radius 3 is 2.53 bits per heavy atom. The molecule has 0 bridgehead atoms. The van der Waals surface area contributed by atoms with Crippen LogP contribution in [0.1, 0.15) is 19.7 Å². The van der Waals surface area contributed by atoms with Crippen LogP contribution in [0, 0.1) is 6.92 Å². The van der Waals surface area contributed by atoms with E-state index in [0.717, 1.165) is 38.7 Å². The Morgan fingerprint density at radius 1 is 1.33 bits per heavy atom. The predicted octanol–water partition coefficient (Wildman–Crippen LogP) is 1.08. The molecule has 0 unspecified atom stereocenters. The van der Waals surface area contributed by atoms with Gasteiger partial charge < -0.3 is 9.88 Å². The smallest absolute Gasteiger partial charge is 0.106 e. The molecule has 1 aromatic rings. The molecule has 2 heterocycles. The first-order chi connectivity index (χ1) is 7.36. The van der Waals surface area contributed by atoms with Gasteiger partial charge >= 0.3 is 0 Å². The molecule has 4 heteroatoms. The van der Waals surface area contributed by atoms with Gasteiger partial charge in [0.1, 0.15) is 5.82 Å². The third-order valence-corrected chi connectivity index (χ3v) is 2.49. The molecule has 4 nitrogen and oxygen atoms in total. The topological polar surface area (TPSA) is 33.1 Å². The maximum absolute atomic E-state index is 4.20. The lowest BCUT2D eigenvalue weighted by Crippen LogP contribution is -2.44. The summed E-state index contributed by atoms with van der Waals surface area (Å²) in [5, 5.41) is 3.34. The number of aromatic nitrogens is 2. The van der Waals surface area contributed by atoms with E-state index in [2.05, 4.69) is 19.8 Å². The third-order valence-electron chi connectivity index (χ3n) is 2.49. The molecule has 86 valence electrons. The molecule has 1 N–H and O–H groups in total. The second-order valence-corrected chi connectivity index (χ2v) is 3.45. The Kier molecular flexibility index (Phi) is 5.36. The summed E-state index contributed by atoms with van der Waals surface area (Å²) in [6.07, 6.45) is 3.90.